The Bertz CT molecular complexity index is 467. The maximum Gasteiger partial charge on any atom is 0.409 e. The van der Waals surface area contributed by atoms with Gasteiger partial charge in [-0.15, -0.1) is 0 Å². The zero-order chi connectivity index (χ0) is 12.8. The Hall–Kier alpha value is -2.34. The molecule has 1 aromatic carbocycles. The summed E-state index contributed by atoms with van der Waals surface area (Å²) in [5.74, 6) is -1.14. The Morgan fingerprint density at radius 3 is 2.53 bits per heavy atom. The van der Waals surface area contributed by atoms with Crippen molar-refractivity contribution in [3.63, 3.8) is 0 Å². The van der Waals surface area contributed by atoms with Gasteiger partial charge in [0.25, 0.3) is 0 Å². The molecule has 0 radical (unpaired) electrons. The van der Waals surface area contributed by atoms with Crippen LogP contribution in [-0.4, -0.2) is 27.4 Å². The number of carboxylic acid groups (broad SMARTS) is 2. The number of benzene rings is 1. The molecule has 0 saturated carbocycles. The molecule has 0 aliphatic heterocycles. The topological polar surface area (TPSA) is 107 Å². The van der Waals surface area contributed by atoms with Crippen LogP contribution < -0.4 is 5.32 Å². The predicted octanol–water partition coefficient (Wildman–Crippen LogP) is 1.37. The van der Waals surface area contributed by atoms with Crippen LogP contribution in [0.15, 0.2) is 24.3 Å². The second kappa shape index (κ2) is 5.66. The quantitative estimate of drug-likeness (QED) is 0.591. The first-order valence-electron chi connectivity index (χ1n) is 4.67. The minimum atomic E-state index is -1.24. The zero-order valence-corrected chi connectivity index (χ0v) is 8.75. The van der Waals surface area contributed by atoms with Crippen LogP contribution in [0, 0.1) is 0 Å². The van der Waals surface area contributed by atoms with Crippen molar-refractivity contribution in [1.29, 1.82) is 0 Å². The Labute approximate surface area is 96.8 Å². The normalized spacial score (nSPS) is 10.4. The standard InChI is InChI=1S/C11H11NO5/c13-6-7-1-3-9(12-11(16)17)8(5-7)2-4-10(14)15/h1-5,12-13H,6H2,(H,14,15)(H,16,17)/b4-2+. The van der Waals surface area contributed by atoms with Crippen molar-refractivity contribution in [2.75, 3.05) is 5.32 Å². The second-order valence-electron chi connectivity index (χ2n) is 3.18. The van der Waals surface area contributed by atoms with Gasteiger partial charge in [-0.3, -0.25) is 5.32 Å². The van der Waals surface area contributed by atoms with Gasteiger partial charge in [-0.25, -0.2) is 9.59 Å². The fraction of sp³-hybridized carbons (Fsp3) is 0.0909. The van der Waals surface area contributed by atoms with Crippen LogP contribution in [0.2, 0.25) is 0 Å². The largest absolute Gasteiger partial charge is 0.478 e. The number of amides is 1. The van der Waals surface area contributed by atoms with Crippen LogP contribution in [-0.2, 0) is 11.4 Å². The third-order valence-corrected chi connectivity index (χ3v) is 1.95. The maximum absolute atomic E-state index is 10.5. The highest BCUT2D eigenvalue weighted by atomic mass is 16.4. The van der Waals surface area contributed by atoms with E-state index >= 15 is 0 Å². The van der Waals surface area contributed by atoms with E-state index in [9.17, 15) is 9.59 Å². The van der Waals surface area contributed by atoms with Gasteiger partial charge in [-0.2, -0.15) is 0 Å². The van der Waals surface area contributed by atoms with E-state index < -0.39 is 12.1 Å². The van der Waals surface area contributed by atoms with Crippen LogP contribution >= 0.6 is 0 Å². The monoisotopic (exact) mass is 237 g/mol. The van der Waals surface area contributed by atoms with E-state index in [2.05, 4.69) is 5.32 Å². The number of hydrogen-bond acceptors (Lipinski definition) is 3. The predicted molar refractivity (Wildman–Crippen MR) is 60.7 cm³/mol. The van der Waals surface area contributed by atoms with Crippen molar-refractivity contribution >= 4 is 23.8 Å². The molecular formula is C11H11NO5. The summed E-state index contributed by atoms with van der Waals surface area (Å²) >= 11 is 0. The van der Waals surface area contributed by atoms with Gasteiger partial charge in [0.2, 0.25) is 0 Å². The van der Waals surface area contributed by atoms with E-state index in [0.29, 0.717) is 11.1 Å². The Morgan fingerprint density at radius 1 is 1.29 bits per heavy atom. The molecule has 6 heteroatoms. The number of carbonyl (C=O) groups is 2. The lowest BCUT2D eigenvalue weighted by molar-refractivity contribution is -0.131. The molecular weight excluding hydrogens is 226 g/mol. The molecule has 0 aliphatic carbocycles. The number of nitrogens with one attached hydrogen (secondary N) is 1. The van der Waals surface area contributed by atoms with Gasteiger partial charge in [0.15, 0.2) is 0 Å². The summed E-state index contributed by atoms with van der Waals surface area (Å²) in [6, 6.07) is 4.51. The molecule has 0 atom stereocenters. The van der Waals surface area contributed by atoms with Crippen molar-refractivity contribution < 1.29 is 24.9 Å². The molecule has 17 heavy (non-hydrogen) atoms. The van der Waals surface area contributed by atoms with Gasteiger partial charge in [0.05, 0.1) is 12.3 Å². The van der Waals surface area contributed by atoms with Gasteiger partial charge >= 0.3 is 12.1 Å². The minimum Gasteiger partial charge on any atom is -0.478 e. The first-order valence-corrected chi connectivity index (χ1v) is 4.67. The molecule has 4 N–H and O–H groups in total. The maximum atomic E-state index is 10.5. The van der Waals surface area contributed by atoms with Crippen molar-refractivity contribution in [3.05, 3.63) is 35.4 Å². The Morgan fingerprint density at radius 2 is 2.00 bits per heavy atom. The molecule has 1 aromatic rings. The lowest BCUT2D eigenvalue weighted by Gasteiger charge is -2.07. The molecule has 0 saturated heterocycles. The van der Waals surface area contributed by atoms with E-state index in [4.69, 9.17) is 15.3 Å². The smallest absolute Gasteiger partial charge is 0.409 e. The molecule has 0 aliphatic rings. The summed E-state index contributed by atoms with van der Waals surface area (Å²) in [7, 11) is 0. The SMILES string of the molecule is O=C(O)/C=C/c1cc(CO)ccc1NC(=O)O. The fourth-order valence-corrected chi connectivity index (χ4v) is 1.24. The summed E-state index contributed by atoms with van der Waals surface area (Å²) in [6.07, 6.45) is 0.905. The third-order valence-electron chi connectivity index (χ3n) is 1.95. The van der Waals surface area contributed by atoms with Gasteiger partial charge in [0.1, 0.15) is 0 Å². The van der Waals surface area contributed by atoms with E-state index in [-0.39, 0.29) is 12.3 Å². The molecule has 0 heterocycles. The van der Waals surface area contributed by atoms with Crippen LogP contribution in [0.4, 0.5) is 10.5 Å². The summed E-state index contributed by atoms with van der Waals surface area (Å²) in [5.41, 5.74) is 1.19. The van der Waals surface area contributed by atoms with Crippen LogP contribution in [0.3, 0.4) is 0 Å². The first-order chi connectivity index (χ1) is 8.02. The highest BCUT2D eigenvalue weighted by Gasteiger charge is 2.04. The van der Waals surface area contributed by atoms with E-state index in [1.165, 1.54) is 18.2 Å². The first kappa shape index (κ1) is 12.7. The molecule has 1 rings (SSSR count). The number of hydrogen-bond donors (Lipinski definition) is 4. The highest BCUT2D eigenvalue weighted by Crippen LogP contribution is 2.19. The summed E-state index contributed by atoms with van der Waals surface area (Å²) in [5, 5.41) is 28.2. The minimum absolute atomic E-state index is 0.207. The lowest BCUT2D eigenvalue weighted by Crippen LogP contribution is -2.08. The lowest BCUT2D eigenvalue weighted by atomic mass is 10.1. The molecule has 0 fully saturated rings. The number of aliphatic hydroxyl groups excluding tert-OH is 1. The number of aliphatic carboxylic acids is 1. The van der Waals surface area contributed by atoms with Crippen molar-refractivity contribution in [2.45, 2.75) is 6.61 Å². The Kier molecular flexibility index (Phi) is 4.24. The van der Waals surface area contributed by atoms with Crippen molar-refractivity contribution in [2.24, 2.45) is 0 Å². The van der Waals surface area contributed by atoms with Crippen LogP contribution in [0.5, 0.6) is 0 Å². The van der Waals surface area contributed by atoms with E-state index in [0.717, 1.165) is 6.08 Å². The third kappa shape index (κ3) is 3.96. The molecule has 1 amide bonds. The summed E-state index contributed by atoms with van der Waals surface area (Å²) < 4.78 is 0. The van der Waals surface area contributed by atoms with Gasteiger partial charge in [-0.05, 0) is 29.3 Å². The van der Waals surface area contributed by atoms with Gasteiger partial charge < -0.3 is 15.3 Å². The summed E-state index contributed by atoms with van der Waals surface area (Å²) in [4.78, 5) is 20.9. The molecule has 0 bridgehead atoms. The molecule has 0 unspecified atom stereocenters. The molecule has 90 valence electrons. The van der Waals surface area contributed by atoms with Gasteiger partial charge in [0, 0.05) is 6.08 Å². The highest BCUT2D eigenvalue weighted by molar-refractivity contribution is 5.90. The van der Waals surface area contributed by atoms with Gasteiger partial charge in [-0.1, -0.05) is 6.07 Å². The zero-order valence-electron chi connectivity index (χ0n) is 8.75. The average Bonchev–Trinajstić information content (AvgIpc) is 2.27. The summed E-state index contributed by atoms with van der Waals surface area (Å²) in [6.45, 7) is -0.207. The number of carboxylic acids is 1. The second-order valence-corrected chi connectivity index (χ2v) is 3.18. The van der Waals surface area contributed by atoms with Crippen LogP contribution in [0.1, 0.15) is 11.1 Å². The Balaban J connectivity index is 3.10. The number of rotatable bonds is 4. The number of anilines is 1. The number of aliphatic hydroxyl groups is 1. The van der Waals surface area contributed by atoms with Crippen LogP contribution in [0.25, 0.3) is 6.08 Å². The molecule has 6 nitrogen and oxygen atoms in total. The van der Waals surface area contributed by atoms with E-state index in [1.54, 1.807) is 6.07 Å². The van der Waals surface area contributed by atoms with E-state index in [1.807, 2.05) is 0 Å². The average molecular weight is 237 g/mol. The van der Waals surface area contributed by atoms with Crippen molar-refractivity contribution in [1.82, 2.24) is 0 Å². The van der Waals surface area contributed by atoms with Crippen molar-refractivity contribution in [3.8, 4) is 0 Å². The molecule has 0 aromatic heterocycles. The molecule has 0 spiro atoms. The fourth-order valence-electron chi connectivity index (χ4n) is 1.24.